The van der Waals surface area contributed by atoms with Gasteiger partial charge in [0.05, 0.1) is 32.8 Å². The molecule has 1 saturated carbocycles. The van der Waals surface area contributed by atoms with Crippen molar-refractivity contribution >= 4 is 31.9 Å². The zero-order chi connectivity index (χ0) is 25.6. The Hall–Kier alpha value is -2.30. The molecule has 0 radical (unpaired) electrons. The summed E-state index contributed by atoms with van der Waals surface area (Å²) in [6, 6.07) is 9.90. The van der Waals surface area contributed by atoms with E-state index in [9.17, 15) is 13.2 Å². The number of nitrogens with zero attached hydrogens (tertiary/aromatic N) is 2. The van der Waals surface area contributed by atoms with E-state index < -0.39 is 10.0 Å². The van der Waals surface area contributed by atoms with E-state index in [1.54, 1.807) is 43.4 Å². The summed E-state index contributed by atoms with van der Waals surface area (Å²) in [4.78, 5) is 15.0. The molecule has 0 spiro atoms. The molecule has 3 rings (SSSR count). The van der Waals surface area contributed by atoms with Gasteiger partial charge in [-0.15, -0.1) is 0 Å². The maximum absolute atomic E-state index is 13.6. The van der Waals surface area contributed by atoms with Crippen LogP contribution in [-0.2, 0) is 21.4 Å². The van der Waals surface area contributed by atoms with E-state index in [1.807, 2.05) is 0 Å². The number of carbonyl (C=O) groups excluding carboxylic acids is 1. The summed E-state index contributed by atoms with van der Waals surface area (Å²) in [6.07, 6.45) is 4.48. The molecule has 1 aliphatic rings. The summed E-state index contributed by atoms with van der Waals surface area (Å²) in [5.74, 6) is 1.16. The maximum atomic E-state index is 13.6. The van der Waals surface area contributed by atoms with Gasteiger partial charge >= 0.3 is 0 Å². The SMILES string of the molecule is COc1cc(CN(C)C(=O)CN(C2CCCCC2)S(=O)(=O)c2ccc(Br)cc2)cc(OC)c1OC. The average molecular weight is 570 g/mol. The standard InChI is InChI=1S/C25H33BrN2O6S/c1-27(16-18-14-22(32-2)25(34-4)23(15-18)33-3)24(29)17-28(20-8-6-5-7-9-20)35(30,31)21-12-10-19(26)11-13-21/h10-15,20H,5-9,16-17H2,1-4H3. The number of methoxy groups -OCH3 is 3. The lowest BCUT2D eigenvalue weighted by molar-refractivity contribution is -0.131. The van der Waals surface area contributed by atoms with Gasteiger partial charge in [0.25, 0.3) is 0 Å². The van der Waals surface area contributed by atoms with Crippen LogP contribution < -0.4 is 14.2 Å². The summed E-state index contributed by atoms with van der Waals surface area (Å²) in [7, 11) is 2.42. The zero-order valence-electron chi connectivity index (χ0n) is 20.6. The molecule has 0 aromatic heterocycles. The van der Waals surface area contributed by atoms with Crippen molar-refractivity contribution in [2.24, 2.45) is 0 Å². The van der Waals surface area contributed by atoms with E-state index >= 15 is 0 Å². The molecule has 1 fully saturated rings. The molecule has 2 aromatic rings. The number of likely N-dealkylation sites (N-methyl/N-ethyl adjacent to an activating group) is 1. The molecule has 0 saturated heterocycles. The van der Waals surface area contributed by atoms with Gasteiger partial charge in [0.1, 0.15) is 0 Å². The quantitative estimate of drug-likeness (QED) is 0.420. The van der Waals surface area contributed by atoms with Crippen molar-refractivity contribution in [3.63, 3.8) is 0 Å². The van der Waals surface area contributed by atoms with Crippen LogP contribution in [0, 0.1) is 0 Å². The van der Waals surface area contributed by atoms with Crippen LogP contribution in [0.1, 0.15) is 37.7 Å². The molecular weight excluding hydrogens is 536 g/mol. The predicted octanol–water partition coefficient (Wildman–Crippen LogP) is 4.46. The third-order valence-electron chi connectivity index (χ3n) is 6.26. The predicted molar refractivity (Wildman–Crippen MR) is 137 cm³/mol. The summed E-state index contributed by atoms with van der Waals surface area (Å²) in [5.41, 5.74) is 0.773. The molecular formula is C25H33BrN2O6S. The van der Waals surface area contributed by atoms with E-state index in [2.05, 4.69) is 15.9 Å². The van der Waals surface area contributed by atoms with Crippen LogP contribution in [0.3, 0.4) is 0 Å². The van der Waals surface area contributed by atoms with E-state index in [1.165, 1.54) is 30.5 Å². The van der Waals surface area contributed by atoms with Crippen molar-refractivity contribution in [1.82, 2.24) is 9.21 Å². The maximum Gasteiger partial charge on any atom is 0.243 e. The Morgan fingerprint density at radius 1 is 0.971 bits per heavy atom. The highest BCUT2D eigenvalue weighted by Crippen LogP contribution is 2.38. The zero-order valence-corrected chi connectivity index (χ0v) is 23.0. The van der Waals surface area contributed by atoms with Crippen molar-refractivity contribution < 1.29 is 27.4 Å². The Morgan fingerprint density at radius 3 is 2.06 bits per heavy atom. The fraction of sp³-hybridized carbons (Fsp3) is 0.480. The van der Waals surface area contributed by atoms with E-state index in [4.69, 9.17) is 14.2 Å². The highest BCUT2D eigenvalue weighted by Gasteiger charge is 2.34. The van der Waals surface area contributed by atoms with Crippen molar-refractivity contribution in [3.05, 3.63) is 46.4 Å². The molecule has 0 heterocycles. The lowest BCUT2D eigenvalue weighted by atomic mass is 9.95. The fourth-order valence-electron chi connectivity index (χ4n) is 4.36. The number of halogens is 1. The number of ether oxygens (including phenoxy) is 3. The molecule has 0 unspecified atom stereocenters. The lowest BCUT2D eigenvalue weighted by Crippen LogP contribution is -2.47. The lowest BCUT2D eigenvalue weighted by Gasteiger charge is -2.34. The molecule has 0 aliphatic heterocycles. The second-order valence-corrected chi connectivity index (χ2v) is 11.4. The summed E-state index contributed by atoms with van der Waals surface area (Å²) in [6.45, 7) is 0.0381. The van der Waals surface area contributed by atoms with Gasteiger partial charge in [-0.1, -0.05) is 35.2 Å². The Morgan fingerprint density at radius 2 is 1.54 bits per heavy atom. The molecule has 192 valence electrons. The van der Waals surface area contributed by atoms with Gasteiger partial charge in [-0.05, 0) is 54.8 Å². The minimum absolute atomic E-state index is 0.186. The van der Waals surface area contributed by atoms with Crippen LogP contribution in [-0.4, -0.2) is 64.5 Å². The molecule has 0 N–H and O–H groups in total. The minimum atomic E-state index is -3.84. The summed E-state index contributed by atoms with van der Waals surface area (Å²) >= 11 is 3.35. The van der Waals surface area contributed by atoms with Crippen molar-refractivity contribution in [2.75, 3.05) is 34.9 Å². The van der Waals surface area contributed by atoms with Gasteiger partial charge in [-0.3, -0.25) is 4.79 Å². The smallest absolute Gasteiger partial charge is 0.243 e. The fourth-order valence-corrected chi connectivity index (χ4v) is 6.26. The van der Waals surface area contributed by atoms with Crippen LogP contribution in [0.2, 0.25) is 0 Å². The number of benzene rings is 2. The number of amides is 1. The monoisotopic (exact) mass is 568 g/mol. The first-order chi connectivity index (χ1) is 16.7. The van der Waals surface area contributed by atoms with E-state index in [-0.39, 0.29) is 29.9 Å². The number of carbonyl (C=O) groups is 1. The molecule has 0 bridgehead atoms. The number of hydrogen-bond acceptors (Lipinski definition) is 6. The summed E-state index contributed by atoms with van der Waals surface area (Å²) < 4.78 is 45.5. The molecule has 1 aliphatic carbocycles. The Labute approximate surface area is 216 Å². The molecule has 1 amide bonds. The molecule has 2 aromatic carbocycles. The molecule has 10 heteroatoms. The highest BCUT2D eigenvalue weighted by molar-refractivity contribution is 9.10. The van der Waals surface area contributed by atoms with Crippen LogP contribution >= 0.6 is 15.9 Å². The Balaban J connectivity index is 1.84. The highest BCUT2D eigenvalue weighted by atomic mass is 79.9. The normalized spacial score (nSPS) is 14.6. The first-order valence-corrected chi connectivity index (χ1v) is 13.7. The second-order valence-electron chi connectivity index (χ2n) is 8.58. The number of hydrogen-bond donors (Lipinski definition) is 0. The molecule has 8 nitrogen and oxygen atoms in total. The van der Waals surface area contributed by atoms with Crippen molar-refractivity contribution in [2.45, 2.75) is 49.6 Å². The van der Waals surface area contributed by atoms with Gasteiger partial charge in [0, 0.05) is 24.1 Å². The number of sulfonamides is 1. The molecule has 35 heavy (non-hydrogen) atoms. The third kappa shape index (κ3) is 6.48. The van der Waals surface area contributed by atoms with Crippen LogP contribution in [0.5, 0.6) is 17.2 Å². The van der Waals surface area contributed by atoms with Crippen molar-refractivity contribution in [3.8, 4) is 17.2 Å². The Bertz CT molecular complexity index is 1090. The number of rotatable bonds is 10. The second kappa shape index (κ2) is 12.1. The average Bonchev–Trinajstić information content (AvgIpc) is 2.87. The van der Waals surface area contributed by atoms with Crippen LogP contribution in [0.15, 0.2) is 45.8 Å². The third-order valence-corrected chi connectivity index (χ3v) is 8.70. The van der Waals surface area contributed by atoms with E-state index in [0.717, 1.165) is 42.1 Å². The first kappa shape index (κ1) is 27.3. The van der Waals surface area contributed by atoms with Crippen LogP contribution in [0.25, 0.3) is 0 Å². The Kier molecular flexibility index (Phi) is 9.43. The van der Waals surface area contributed by atoms with Gasteiger partial charge in [-0.2, -0.15) is 4.31 Å². The largest absolute Gasteiger partial charge is 0.493 e. The van der Waals surface area contributed by atoms with Gasteiger partial charge in [0.15, 0.2) is 11.5 Å². The van der Waals surface area contributed by atoms with Gasteiger partial charge in [0.2, 0.25) is 21.7 Å². The topological polar surface area (TPSA) is 85.4 Å². The molecule has 0 atom stereocenters. The van der Waals surface area contributed by atoms with Crippen LogP contribution in [0.4, 0.5) is 0 Å². The van der Waals surface area contributed by atoms with Gasteiger partial charge < -0.3 is 19.1 Å². The van der Waals surface area contributed by atoms with Crippen molar-refractivity contribution in [1.29, 1.82) is 0 Å². The first-order valence-electron chi connectivity index (χ1n) is 11.5. The van der Waals surface area contributed by atoms with E-state index in [0.29, 0.717) is 17.2 Å². The minimum Gasteiger partial charge on any atom is -0.493 e. The summed E-state index contributed by atoms with van der Waals surface area (Å²) in [5, 5.41) is 0. The van der Waals surface area contributed by atoms with Gasteiger partial charge in [-0.25, -0.2) is 8.42 Å².